The standard InChI is InChI=1S/C13H21ClN2O3/c1-5-9-11(14)15-13(18)16(12(9)17)10(8(3)4)7-19-6-2/h8,10H,5-7H2,1-4H3,(H,15,18). The summed E-state index contributed by atoms with van der Waals surface area (Å²) in [7, 11) is 0. The molecule has 1 rings (SSSR count). The quantitative estimate of drug-likeness (QED) is 0.814. The van der Waals surface area contributed by atoms with Crippen LogP contribution in [0.3, 0.4) is 0 Å². The van der Waals surface area contributed by atoms with Crippen LogP contribution in [-0.2, 0) is 11.2 Å². The summed E-state index contributed by atoms with van der Waals surface area (Å²) in [5.74, 6) is 0.108. The SMILES string of the molecule is CCOCC(C(C)C)n1c(=O)[nH]c(Cl)c(CC)c1=O. The molecular formula is C13H21ClN2O3. The van der Waals surface area contributed by atoms with Gasteiger partial charge in [-0.25, -0.2) is 4.79 Å². The molecule has 0 fully saturated rings. The van der Waals surface area contributed by atoms with E-state index in [2.05, 4.69) is 4.98 Å². The number of rotatable bonds is 6. The largest absolute Gasteiger partial charge is 0.380 e. The summed E-state index contributed by atoms with van der Waals surface area (Å²) < 4.78 is 6.61. The zero-order chi connectivity index (χ0) is 14.6. The first-order valence-electron chi connectivity index (χ1n) is 6.54. The Hall–Kier alpha value is -1.07. The van der Waals surface area contributed by atoms with E-state index in [0.717, 1.165) is 0 Å². The maximum absolute atomic E-state index is 12.4. The van der Waals surface area contributed by atoms with Crippen molar-refractivity contribution in [3.63, 3.8) is 0 Å². The van der Waals surface area contributed by atoms with Gasteiger partial charge in [0.2, 0.25) is 0 Å². The number of halogens is 1. The minimum atomic E-state index is -0.481. The molecule has 108 valence electrons. The van der Waals surface area contributed by atoms with Gasteiger partial charge in [0.15, 0.2) is 0 Å². The molecule has 0 aromatic carbocycles. The average Bonchev–Trinajstić information content (AvgIpc) is 2.32. The second-order valence-corrected chi connectivity index (χ2v) is 5.10. The lowest BCUT2D eigenvalue weighted by molar-refractivity contribution is 0.0930. The second kappa shape index (κ2) is 6.91. The first-order valence-corrected chi connectivity index (χ1v) is 6.92. The van der Waals surface area contributed by atoms with E-state index < -0.39 is 5.69 Å². The Morgan fingerprint density at radius 3 is 2.42 bits per heavy atom. The summed E-state index contributed by atoms with van der Waals surface area (Å²) in [6.07, 6.45) is 0.480. The van der Waals surface area contributed by atoms with E-state index in [1.807, 2.05) is 27.7 Å². The van der Waals surface area contributed by atoms with E-state index in [-0.39, 0.29) is 22.7 Å². The molecule has 1 heterocycles. The molecule has 5 nitrogen and oxygen atoms in total. The summed E-state index contributed by atoms with van der Waals surface area (Å²) in [6.45, 7) is 8.50. The van der Waals surface area contributed by atoms with Gasteiger partial charge in [-0.15, -0.1) is 0 Å². The maximum Gasteiger partial charge on any atom is 0.329 e. The van der Waals surface area contributed by atoms with E-state index in [1.165, 1.54) is 4.57 Å². The van der Waals surface area contributed by atoms with E-state index in [9.17, 15) is 9.59 Å². The Bertz CT molecular complexity index is 534. The number of aromatic amines is 1. The highest BCUT2D eigenvalue weighted by molar-refractivity contribution is 6.30. The zero-order valence-electron chi connectivity index (χ0n) is 11.8. The third kappa shape index (κ3) is 3.48. The lowest BCUT2D eigenvalue weighted by atomic mass is 10.0. The van der Waals surface area contributed by atoms with Crippen molar-refractivity contribution in [3.05, 3.63) is 31.6 Å². The van der Waals surface area contributed by atoms with Crippen molar-refractivity contribution in [2.24, 2.45) is 5.92 Å². The first kappa shape index (κ1) is 16.0. The van der Waals surface area contributed by atoms with E-state index in [1.54, 1.807) is 0 Å². The van der Waals surface area contributed by atoms with Crippen molar-refractivity contribution in [3.8, 4) is 0 Å². The lowest BCUT2D eigenvalue weighted by Crippen LogP contribution is -2.43. The van der Waals surface area contributed by atoms with Gasteiger partial charge in [0.05, 0.1) is 18.2 Å². The Balaban J connectivity index is 3.38. The van der Waals surface area contributed by atoms with Crippen LogP contribution in [0.1, 0.15) is 39.3 Å². The molecule has 6 heteroatoms. The molecule has 19 heavy (non-hydrogen) atoms. The van der Waals surface area contributed by atoms with Crippen LogP contribution >= 0.6 is 11.6 Å². The van der Waals surface area contributed by atoms with Crippen molar-refractivity contribution < 1.29 is 4.74 Å². The van der Waals surface area contributed by atoms with Crippen molar-refractivity contribution in [2.75, 3.05) is 13.2 Å². The van der Waals surface area contributed by atoms with Gasteiger partial charge in [-0.2, -0.15) is 0 Å². The molecule has 1 N–H and O–H groups in total. The van der Waals surface area contributed by atoms with Gasteiger partial charge in [0.1, 0.15) is 5.15 Å². The number of ether oxygens (including phenoxy) is 1. The third-order valence-electron chi connectivity index (χ3n) is 3.12. The molecule has 0 aliphatic carbocycles. The number of hydrogen-bond acceptors (Lipinski definition) is 3. The van der Waals surface area contributed by atoms with Crippen LogP contribution in [0.25, 0.3) is 0 Å². The van der Waals surface area contributed by atoms with Gasteiger partial charge < -0.3 is 4.74 Å². The predicted octanol–water partition coefficient (Wildman–Crippen LogP) is 1.99. The summed E-state index contributed by atoms with van der Waals surface area (Å²) in [6, 6.07) is -0.293. The molecule has 1 atom stereocenters. The van der Waals surface area contributed by atoms with Crippen LogP contribution in [0.4, 0.5) is 0 Å². The zero-order valence-corrected chi connectivity index (χ0v) is 12.6. The molecule has 1 unspecified atom stereocenters. The fraction of sp³-hybridized carbons (Fsp3) is 0.692. The van der Waals surface area contributed by atoms with Gasteiger partial charge >= 0.3 is 5.69 Å². The molecule has 1 aromatic heterocycles. The monoisotopic (exact) mass is 288 g/mol. The molecule has 0 spiro atoms. The van der Waals surface area contributed by atoms with Crippen LogP contribution in [0.15, 0.2) is 9.59 Å². The van der Waals surface area contributed by atoms with Crippen LogP contribution in [0.5, 0.6) is 0 Å². The Morgan fingerprint density at radius 2 is 1.95 bits per heavy atom. The normalized spacial score (nSPS) is 12.9. The molecule has 0 aliphatic rings. The van der Waals surface area contributed by atoms with Crippen molar-refractivity contribution in [1.82, 2.24) is 9.55 Å². The highest BCUT2D eigenvalue weighted by atomic mass is 35.5. The van der Waals surface area contributed by atoms with Crippen LogP contribution < -0.4 is 11.2 Å². The number of nitrogens with zero attached hydrogens (tertiary/aromatic N) is 1. The fourth-order valence-electron chi connectivity index (χ4n) is 1.97. The van der Waals surface area contributed by atoms with Gasteiger partial charge in [-0.1, -0.05) is 32.4 Å². The smallest absolute Gasteiger partial charge is 0.329 e. The van der Waals surface area contributed by atoms with Gasteiger partial charge in [0, 0.05) is 6.61 Å². The molecule has 0 aliphatic heterocycles. The molecule has 1 aromatic rings. The van der Waals surface area contributed by atoms with Gasteiger partial charge in [-0.3, -0.25) is 14.3 Å². The molecular weight excluding hydrogens is 268 g/mol. The van der Waals surface area contributed by atoms with Crippen LogP contribution in [0, 0.1) is 5.92 Å². The van der Waals surface area contributed by atoms with Crippen molar-refractivity contribution >= 4 is 11.6 Å². The summed E-state index contributed by atoms with van der Waals surface area (Å²) in [5, 5.41) is 0.132. The highest BCUT2D eigenvalue weighted by Gasteiger charge is 2.22. The lowest BCUT2D eigenvalue weighted by Gasteiger charge is -2.23. The van der Waals surface area contributed by atoms with Gasteiger partial charge in [-0.05, 0) is 19.3 Å². The second-order valence-electron chi connectivity index (χ2n) is 4.72. The minimum absolute atomic E-state index is 0.108. The molecule has 0 saturated carbocycles. The number of aromatic nitrogens is 2. The minimum Gasteiger partial charge on any atom is -0.380 e. The highest BCUT2D eigenvalue weighted by Crippen LogP contribution is 2.16. The molecule has 0 radical (unpaired) electrons. The van der Waals surface area contributed by atoms with Crippen LogP contribution in [-0.4, -0.2) is 22.8 Å². The topological polar surface area (TPSA) is 64.1 Å². The van der Waals surface area contributed by atoms with Crippen LogP contribution in [0.2, 0.25) is 5.15 Å². The fourth-order valence-corrected chi connectivity index (χ4v) is 2.27. The molecule has 0 bridgehead atoms. The predicted molar refractivity (Wildman–Crippen MR) is 76.1 cm³/mol. The van der Waals surface area contributed by atoms with Gasteiger partial charge in [0.25, 0.3) is 5.56 Å². The summed E-state index contributed by atoms with van der Waals surface area (Å²) in [4.78, 5) is 26.9. The number of hydrogen-bond donors (Lipinski definition) is 1. The molecule has 0 amide bonds. The van der Waals surface area contributed by atoms with E-state index in [4.69, 9.17) is 16.3 Å². The van der Waals surface area contributed by atoms with E-state index in [0.29, 0.717) is 25.2 Å². The third-order valence-corrected chi connectivity index (χ3v) is 3.45. The Morgan fingerprint density at radius 1 is 1.32 bits per heavy atom. The summed E-state index contributed by atoms with van der Waals surface area (Å²) in [5.41, 5.74) is -0.372. The first-order chi connectivity index (χ1) is 8.93. The average molecular weight is 289 g/mol. The Kier molecular flexibility index (Phi) is 5.82. The summed E-state index contributed by atoms with van der Waals surface area (Å²) >= 11 is 5.90. The van der Waals surface area contributed by atoms with Crippen molar-refractivity contribution in [2.45, 2.75) is 40.2 Å². The Labute approximate surface area is 117 Å². The number of nitrogens with one attached hydrogen (secondary N) is 1. The van der Waals surface area contributed by atoms with E-state index >= 15 is 0 Å². The maximum atomic E-state index is 12.4. The van der Waals surface area contributed by atoms with Crippen molar-refractivity contribution in [1.29, 1.82) is 0 Å². The molecule has 0 saturated heterocycles. The number of H-pyrrole nitrogens is 1.